The SMILES string of the molecule is CC(C)(Cc1ccc(O)cc1)NCC(O)c1cc(O)cc2c1OCC(=O)N2.Cc1cc(C)c(CC(C)(C)NCC(O)c2cc(O)cc3c2OCC(=O)N3)c(C)c1. The Morgan fingerprint density at radius 3 is 1.52 bits per heavy atom. The van der Waals surface area contributed by atoms with E-state index in [2.05, 4.69) is 68.0 Å². The number of carbonyl (C=O) groups excluding carboxylic acids is 2. The normalized spacial score (nSPS) is 14.8. The van der Waals surface area contributed by atoms with Crippen LogP contribution in [0.5, 0.6) is 28.7 Å². The number of nitrogens with one attached hydrogen (secondary N) is 4. The molecule has 0 radical (unpaired) electrons. The van der Waals surface area contributed by atoms with Gasteiger partial charge in [-0.2, -0.15) is 0 Å². The van der Waals surface area contributed by atoms with Gasteiger partial charge in [-0.1, -0.05) is 29.8 Å². The molecular formula is C43H54N4O9. The summed E-state index contributed by atoms with van der Waals surface area (Å²) in [5.74, 6) is 0.317. The molecule has 0 spiro atoms. The molecule has 2 aliphatic rings. The zero-order chi connectivity index (χ0) is 40.9. The van der Waals surface area contributed by atoms with Gasteiger partial charge in [0.15, 0.2) is 13.2 Å². The summed E-state index contributed by atoms with van der Waals surface area (Å²) < 4.78 is 10.9. The Balaban J connectivity index is 0.000000215. The number of rotatable bonds is 12. The standard InChI is InChI=1S/C23H30N2O4.C20H24N2O5/c1-13-6-14(2)18(15(3)7-13)10-23(4,5)24-11-20(27)17-8-16(26)9-19-22(17)29-12-21(28)25-19;1-20(2,9-12-3-5-13(23)6-4-12)21-10-17(25)15-7-14(24)8-16-19(15)27-11-18(26)22-16/h6-9,20,24,26-27H,10-12H2,1-5H3,(H,25,28);3-8,17,21,23-25H,9-11H2,1-2H3,(H,22,26). The topological polar surface area (TPSA) is 202 Å². The second kappa shape index (κ2) is 17.2. The van der Waals surface area contributed by atoms with Crippen LogP contribution in [0.2, 0.25) is 0 Å². The van der Waals surface area contributed by atoms with Crippen LogP contribution in [0.25, 0.3) is 0 Å². The van der Waals surface area contributed by atoms with Gasteiger partial charge in [0.05, 0.1) is 23.6 Å². The first-order valence-corrected chi connectivity index (χ1v) is 18.6. The number of aliphatic hydroxyl groups excluding tert-OH is 2. The number of aliphatic hydroxyl groups is 2. The van der Waals surface area contributed by atoms with Crippen molar-refractivity contribution in [3.8, 4) is 28.7 Å². The summed E-state index contributed by atoms with van der Waals surface area (Å²) in [6.07, 6.45) is -0.308. The van der Waals surface area contributed by atoms with Crippen LogP contribution in [-0.2, 0) is 22.4 Å². The van der Waals surface area contributed by atoms with Gasteiger partial charge in [0, 0.05) is 47.4 Å². The molecule has 13 nitrogen and oxygen atoms in total. The van der Waals surface area contributed by atoms with Gasteiger partial charge in [-0.05, 0) is 108 Å². The van der Waals surface area contributed by atoms with E-state index in [0.717, 1.165) is 12.0 Å². The van der Waals surface area contributed by atoms with Gasteiger partial charge in [-0.3, -0.25) is 9.59 Å². The van der Waals surface area contributed by atoms with Crippen molar-refractivity contribution in [3.05, 3.63) is 99.6 Å². The second-order valence-corrected chi connectivity index (χ2v) is 16.0. The molecule has 300 valence electrons. The van der Waals surface area contributed by atoms with Crippen LogP contribution in [0.3, 0.4) is 0 Å². The number of ether oxygens (including phenoxy) is 2. The van der Waals surface area contributed by atoms with Gasteiger partial charge in [0.2, 0.25) is 0 Å². The quantitative estimate of drug-likeness (QED) is 0.0898. The Morgan fingerprint density at radius 1 is 0.643 bits per heavy atom. The number of fused-ring (bicyclic) bond motifs is 2. The summed E-state index contributed by atoms with van der Waals surface area (Å²) in [5.41, 5.74) is 7.18. The fourth-order valence-corrected chi connectivity index (χ4v) is 7.07. The van der Waals surface area contributed by atoms with Crippen molar-refractivity contribution in [2.24, 2.45) is 0 Å². The van der Waals surface area contributed by atoms with Crippen molar-refractivity contribution < 1.29 is 44.6 Å². The number of amides is 2. The van der Waals surface area contributed by atoms with Crippen LogP contribution < -0.4 is 30.7 Å². The van der Waals surface area contributed by atoms with Crippen LogP contribution in [0.15, 0.2) is 60.7 Å². The molecule has 0 aliphatic carbocycles. The molecule has 0 bridgehead atoms. The highest BCUT2D eigenvalue weighted by atomic mass is 16.5. The van der Waals surface area contributed by atoms with Gasteiger partial charge in [0.1, 0.15) is 28.7 Å². The van der Waals surface area contributed by atoms with Gasteiger partial charge < -0.3 is 56.3 Å². The number of phenolic OH excluding ortho intramolecular Hbond substituents is 3. The largest absolute Gasteiger partial charge is 0.508 e. The predicted molar refractivity (Wildman–Crippen MR) is 215 cm³/mol. The van der Waals surface area contributed by atoms with Crippen molar-refractivity contribution in [3.63, 3.8) is 0 Å². The van der Waals surface area contributed by atoms with Gasteiger partial charge >= 0.3 is 0 Å². The molecule has 2 unspecified atom stereocenters. The van der Waals surface area contributed by atoms with Crippen molar-refractivity contribution in [1.29, 1.82) is 0 Å². The zero-order valence-corrected chi connectivity index (χ0v) is 33.0. The first kappa shape index (κ1) is 41.8. The number of anilines is 2. The van der Waals surface area contributed by atoms with Crippen LogP contribution >= 0.6 is 0 Å². The van der Waals surface area contributed by atoms with Gasteiger partial charge in [-0.15, -0.1) is 0 Å². The lowest BCUT2D eigenvalue weighted by Gasteiger charge is -2.30. The third-order valence-corrected chi connectivity index (χ3v) is 9.76. The number of phenols is 3. The summed E-state index contributed by atoms with van der Waals surface area (Å²) in [6.45, 7) is 14.9. The number of aryl methyl sites for hydroxylation is 3. The van der Waals surface area contributed by atoms with E-state index in [0.29, 0.717) is 40.4 Å². The number of hydrogen-bond acceptors (Lipinski definition) is 11. The Hall–Kier alpha value is -5.34. The molecule has 56 heavy (non-hydrogen) atoms. The summed E-state index contributed by atoms with van der Waals surface area (Å²) in [4.78, 5) is 23.0. The lowest BCUT2D eigenvalue weighted by Crippen LogP contribution is -2.43. The number of benzene rings is 4. The molecule has 4 aromatic rings. The smallest absolute Gasteiger partial charge is 0.262 e. The van der Waals surface area contributed by atoms with Crippen molar-refractivity contribution >= 4 is 23.2 Å². The molecule has 2 aliphatic heterocycles. The number of aromatic hydroxyl groups is 3. The Morgan fingerprint density at radius 2 is 1.07 bits per heavy atom. The Labute approximate surface area is 327 Å². The molecule has 0 aromatic heterocycles. The third-order valence-electron chi connectivity index (χ3n) is 9.76. The Kier molecular flexibility index (Phi) is 12.9. The van der Waals surface area contributed by atoms with E-state index in [-0.39, 0.29) is 66.4 Å². The maximum atomic E-state index is 11.5. The summed E-state index contributed by atoms with van der Waals surface area (Å²) >= 11 is 0. The minimum Gasteiger partial charge on any atom is -0.508 e. The summed E-state index contributed by atoms with van der Waals surface area (Å²) in [6, 6.07) is 17.1. The average Bonchev–Trinajstić information content (AvgIpc) is 3.11. The van der Waals surface area contributed by atoms with Gasteiger partial charge in [-0.25, -0.2) is 0 Å². The monoisotopic (exact) mass is 770 g/mol. The zero-order valence-electron chi connectivity index (χ0n) is 33.0. The van der Waals surface area contributed by atoms with E-state index < -0.39 is 12.2 Å². The molecule has 13 heteroatoms. The second-order valence-electron chi connectivity index (χ2n) is 16.0. The lowest BCUT2D eigenvalue weighted by molar-refractivity contribution is -0.119. The van der Waals surface area contributed by atoms with E-state index in [9.17, 15) is 35.1 Å². The van der Waals surface area contributed by atoms with Crippen molar-refractivity contribution in [1.82, 2.24) is 10.6 Å². The molecule has 4 aromatic carbocycles. The lowest BCUT2D eigenvalue weighted by atomic mass is 9.88. The highest BCUT2D eigenvalue weighted by molar-refractivity contribution is 5.96. The minimum absolute atomic E-state index is 0.0336. The van der Waals surface area contributed by atoms with E-state index in [1.54, 1.807) is 12.1 Å². The summed E-state index contributed by atoms with van der Waals surface area (Å²) in [5, 5.41) is 62.7. The molecule has 9 N–H and O–H groups in total. The summed E-state index contributed by atoms with van der Waals surface area (Å²) in [7, 11) is 0. The van der Waals surface area contributed by atoms with Crippen LogP contribution in [0.1, 0.15) is 78.8 Å². The number of carbonyl (C=O) groups is 2. The van der Waals surface area contributed by atoms with Crippen molar-refractivity contribution in [2.45, 2.75) is 84.6 Å². The van der Waals surface area contributed by atoms with E-state index in [1.807, 2.05) is 26.0 Å². The highest BCUT2D eigenvalue weighted by Crippen LogP contribution is 2.40. The molecule has 2 heterocycles. The molecule has 2 amide bonds. The minimum atomic E-state index is -0.931. The molecule has 0 fully saturated rings. The maximum absolute atomic E-state index is 11.5. The molecule has 6 rings (SSSR count). The van der Waals surface area contributed by atoms with E-state index >= 15 is 0 Å². The van der Waals surface area contributed by atoms with Crippen LogP contribution in [-0.4, -0.2) is 74.7 Å². The van der Waals surface area contributed by atoms with E-state index in [1.165, 1.54) is 46.5 Å². The third kappa shape index (κ3) is 10.9. The van der Waals surface area contributed by atoms with Gasteiger partial charge in [0.25, 0.3) is 11.8 Å². The maximum Gasteiger partial charge on any atom is 0.262 e. The first-order valence-electron chi connectivity index (χ1n) is 18.6. The number of hydrogen-bond donors (Lipinski definition) is 9. The predicted octanol–water partition coefficient (Wildman–Crippen LogP) is 5.37. The molecule has 0 saturated carbocycles. The average molecular weight is 771 g/mol. The first-order chi connectivity index (χ1) is 26.3. The molecule has 0 saturated heterocycles. The fourth-order valence-electron chi connectivity index (χ4n) is 7.07. The van der Waals surface area contributed by atoms with E-state index in [4.69, 9.17) is 9.47 Å². The van der Waals surface area contributed by atoms with Crippen LogP contribution in [0.4, 0.5) is 11.4 Å². The molecule has 2 atom stereocenters. The molecular weight excluding hydrogens is 716 g/mol. The van der Waals surface area contributed by atoms with Crippen molar-refractivity contribution in [2.75, 3.05) is 36.9 Å². The van der Waals surface area contributed by atoms with Crippen LogP contribution in [0, 0.1) is 20.8 Å². The Bertz CT molecular complexity index is 2040. The highest BCUT2D eigenvalue weighted by Gasteiger charge is 2.28. The fraction of sp³-hybridized carbons (Fsp3) is 0.395. The number of β-amino-alcohol motifs (C(OH)–C–C–N with tert-alkyl or cyclic N) is 2.